The van der Waals surface area contributed by atoms with Crippen molar-refractivity contribution in [3.05, 3.63) is 46.4 Å². The Labute approximate surface area is 133 Å². The summed E-state index contributed by atoms with van der Waals surface area (Å²) in [5, 5.41) is 4.76. The minimum absolute atomic E-state index is 0.744. The summed E-state index contributed by atoms with van der Waals surface area (Å²) in [6.45, 7) is 2.85. The molecule has 0 amide bonds. The SMILES string of the molecule is CCc1nc(NCc2cccnc2)c2c3c(sc2n1)CCC3. The number of thiophene rings is 1. The fourth-order valence-corrected chi connectivity index (χ4v) is 4.29. The van der Waals surface area contributed by atoms with Crippen molar-refractivity contribution in [3.8, 4) is 0 Å². The number of hydrogen-bond donors (Lipinski definition) is 1. The van der Waals surface area contributed by atoms with Crippen LogP contribution in [0.25, 0.3) is 10.2 Å². The molecule has 0 spiro atoms. The molecular formula is C17H18N4S. The molecule has 22 heavy (non-hydrogen) atoms. The molecule has 112 valence electrons. The highest BCUT2D eigenvalue weighted by atomic mass is 32.1. The van der Waals surface area contributed by atoms with Gasteiger partial charge in [0.1, 0.15) is 16.5 Å². The Hall–Kier alpha value is -2.01. The summed E-state index contributed by atoms with van der Waals surface area (Å²) in [5.74, 6) is 1.91. The standard InChI is InChI=1S/C17H18N4S/c1-2-14-20-16(19-10-11-5-4-8-18-9-11)15-12-6-3-7-13(12)22-17(15)21-14/h4-5,8-9H,2-3,6-7,10H2,1H3,(H,19,20,21). The normalized spacial score (nSPS) is 13.5. The van der Waals surface area contributed by atoms with Crippen LogP contribution >= 0.6 is 11.3 Å². The second kappa shape index (κ2) is 5.65. The van der Waals surface area contributed by atoms with Gasteiger partial charge < -0.3 is 5.32 Å². The van der Waals surface area contributed by atoms with Gasteiger partial charge in [0.05, 0.1) is 5.39 Å². The lowest BCUT2D eigenvalue weighted by atomic mass is 10.2. The van der Waals surface area contributed by atoms with E-state index in [1.165, 1.54) is 34.2 Å². The largest absolute Gasteiger partial charge is 0.365 e. The maximum Gasteiger partial charge on any atom is 0.139 e. The molecule has 0 saturated heterocycles. The number of hydrogen-bond acceptors (Lipinski definition) is 5. The first-order valence-electron chi connectivity index (χ1n) is 7.79. The average Bonchev–Trinajstić information content (AvgIpc) is 3.13. The van der Waals surface area contributed by atoms with Crippen molar-refractivity contribution in [2.24, 2.45) is 0 Å². The van der Waals surface area contributed by atoms with E-state index in [9.17, 15) is 0 Å². The minimum atomic E-state index is 0.744. The third-order valence-electron chi connectivity index (χ3n) is 4.11. The van der Waals surface area contributed by atoms with Crippen LogP contribution < -0.4 is 5.32 Å². The molecule has 1 N–H and O–H groups in total. The zero-order valence-corrected chi connectivity index (χ0v) is 13.4. The van der Waals surface area contributed by atoms with Crippen molar-refractivity contribution in [2.45, 2.75) is 39.2 Å². The lowest BCUT2D eigenvalue weighted by molar-refractivity contribution is 0.914. The van der Waals surface area contributed by atoms with Gasteiger partial charge in [-0.05, 0) is 36.5 Å². The molecule has 1 aliphatic carbocycles. The molecule has 0 atom stereocenters. The molecule has 0 aromatic carbocycles. The van der Waals surface area contributed by atoms with E-state index in [4.69, 9.17) is 9.97 Å². The lowest BCUT2D eigenvalue weighted by Gasteiger charge is -2.09. The van der Waals surface area contributed by atoms with E-state index in [-0.39, 0.29) is 0 Å². The van der Waals surface area contributed by atoms with Crippen LogP contribution in [0.2, 0.25) is 0 Å². The van der Waals surface area contributed by atoms with Gasteiger partial charge in [0.25, 0.3) is 0 Å². The third-order valence-corrected chi connectivity index (χ3v) is 5.30. The van der Waals surface area contributed by atoms with Gasteiger partial charge in [0.15, 0.2) is 0 Å². The van der Waals surface area contributed by atoms with Gasteiger partial charge in [0.2, 0.25) is 0 Å². The van der Waals surface area contributed by atoms with Crippen LogP contribution in [0.3, 0.4) is 0 Å². The molecule has 4 rings (SSSR count). The van der Waals surface area contributed by atoms with Gasteiger partial charge in [0, 0.05) is 30.2 Å². The van der Waals surface area contributed by atoms with Crippen LogP contribution in [0.1, 0.15) is 35.2 Å². The fourth-order valence-electron chi connectivity index (χ4n) is 3.01. The van der Waals surface area contributed by atoms with E-state index < -0.39 is 0 Å². The van der Waals surface area contributed by atoms with E-state index in [2.05, 4.69) is 23.3 Å². The summed E-state index contributed by atoms with van der Waals surface area (Å²) < 4.78 is 0. The van der Waals surface area contributed by atoms with Crippen molar-refractivity contribution in [3.63, 3.8) is 0 Å². The summed E-state index contributed by atoms with van der Waals surface area (Å²) in [6.07, 6.45) is 8.16. The number of fused-ring (bicyclic) bond motifs is 3. The van der Waals surface area contributed by atoms with Gasteiger partial charge in [-0.1, -0.05) is 13.0 Å². The van der Waals surface area contributed by atoms with Gasteiger partial charge >= 0.3 is 0 Å². The quantitative estimate of drug-likeness (QED) is 0.797. The van der Waals surface area contributed by atoms with Gasteiger partial charge in [-0.15, -0.1) is 11.3 Å². The van der Waals surface area contributed by atoms with E-state index in [1.807, 2.05) is 23.6 Å². The van der Waals surface area contributed by atoms with Gasteiger partial charge in [-0.2, -0.15) is 0 Å². The third kappa shape index (κ3) is 2.35. The Morgan fingerprint density at radius 1 is 1.27 bits per heavy atom. The maximum atomic E-state index is 4.75. The second-order valence-electron chi connectivity index (χ2n) is 5.59. The number of nitrogens with zero attached hydrogens (tertiary/aromatic N) is 3. The Kier molecular flexibility index (Phi) is 3.50. The Balaban J connectivity index is 1.74. The summed E-state index contributed by atoms with van der Waals surface area (Å²) in [6, 6.07) is 4.05. The smallest absolute Gasteiger partial charge is 0.139 e. The monoisotopic (exact) mass is 310 g/mol. The van der Waals surface area contributed by atoms with Gasteiger partial charge in [-0.25, -0.2) is 9.97 Å². The summed E-state index contributed by atoms with van der Waals surface area (Å²) in [5.41, 5.74) is 2.63. The van der Waals surface area contributed by atoms with Crippen LogP contribution in [-0.4, -0.2) is 15.0 Å². The molecule has 0 aliphatic heterocycles. The summed E-state index contributed by atoms with van der Waals surface area (Å²) >= 11 is 1.85. The number of nitrogens with one attached hydrogen (secondary N) is 1. The molecule has 0 unspecified atom stereocenters. The van der Waals surface area contributed by atoms with Crippen LogP contribution in [0.4, 0.5) is 5.82 Å². The highest BCUT2D eigenvalue weighted by Crippen LogP contribution is 2.39. The van der Waals surface area contributed by atoms with E-state index in [1.54, 1.807) is 6.20 Å². The summed E-state index contributed by atoms with van der Waals surface area (Å²) in [4.78, 5) is 16.3. The molecule has 3 aromatic heterocycles. The Morgan fingerprint density at radius 2 is 2.23 bits per heavy atom. The maximum absolute atomic E-state index is 4.75. The first kappa shape index (κ1) is 13.6. The molecule has 4 nitrogen and oxygen atoms in total. The molecule has 0 bridgehead atoms. The summed E-state index contributed by atoms with van der Waals surface area (Å²) in [7, 11) is 0. The molecule has 1 aliphatic rings. The van der Waals surface area contributed by atoms with Crippen LogP contribution in [0, 0.1) is 0 Å². The van der Waals surface area contributed by atoms with Crippen LogP contribution in [-0.2, 0) is 25.8 Å². The average molecular weight is 310 g/mol. The number of pyridine rings is 1. The fraction of sp³-hybridized carbons (Fsp3) is 0.353. The first-order valence-corrected chi connectivity index (χ1v) is 8.60. The predicted molar refractivity (Wildman–Crippen MR) is 90.4 cm³/mol. The van der Waals surface area contributed by atoms with Gasteiger partial charge in [-0.3, -0.25) is 4.98 Å². The van der Waals surface area contributed by atoms with E-state index in [0.717, 1.165) is 35.9 Å². The van der Waals surface area contributed by atoms with Crippen LogP contribution in [0.5, 0.6) is 0 Å². The molecule has 0 radical (unpaired) electrons. The topological polar surface area (TPSA) is 50.7 Å². The molecule has 3 heterocycles. The molecule has 0 saturated carbocycles. The predicted octanol–water partition coefficient (Wildman–Crippen LogP) is 3.75. The molecule has 0 fully saturated rings. The number of aromatic nitrogens is 3. The van der Waals surface area contributed by atoms with Crippen molar-refractivity contribution >= 4 is 27.4 Å². The Morgan fingerprint density at radius 3 is 3.05 bits per heavy atom. The number of anilines is 1. The lowest BCUT2D eigenvalue weighted by Crippen LogP contribution is -2.05. The number of rotatable bonds is 4. The zero-order valence-electron chi connectivity index (χ0n) is 12.6. The van der Waals surface area contributed by atoms with Crippen molar-refractivity contribution < 1.29 is 0 Å². The Bertz CT molecular complexity index is 810. The van der Waals surface area contributed by atoms with E-state index in [0.29, 0.717) is 0 Å². The minimum Gasteiger partial charge on any atom is -0.365 e. The van der Waals surface area contributed by atoms with Crippen molar-refractivity contribution in [1.29, 1.82) is 0 Å². The highest BCUT2D eigenvalue weighted by Gasteiger charge is 2.22. The molecular weight excluding hydrogens is 292 g/mol. The van der Waals surface area contributed by atoms with E-state index >= 15 is 0 Å². The molecule has 5 heteroatoms. The van der Waals surface area contributed by atoms with Crippen LogP contribution in [0.15, 0.2) is 24.5 Å². The van der Waals surface area contributed by atoms with Crippen molar-refractivity contribution in [1.82, 2.24) is 15.0 Å². The number of aryl methyl sites for hydroxylation is 3. The first-order chi connectivity index (χ1) is 10.8. The van der Waals surface area contributed by atoms with Crippen molar-refractivity contribution in [2.75, 3.05) is 5.32 Å². The molecule has 3 aromatic rings. The second-order valence-corrected chi connectivity index (χ2v) is 6.68. The highest BCUT2D eigenvalue weighted by molar-refractivity contribution is 7.19. The zero-order chi connectivity index (χ0) is 14.9.